The van der Waals surface area contributed by atoms with Gasteiger partial charge in [0, 0.05) is 30.2 Å². The highest BCUT2D eigenvalue weighted by atomic mass is 35.5. The van der Waals surface area contributed by atoms with Crippen molar-refractivity contribution in [3.05, 3.63) is 70.2 Å². The molecule has 6 heteroatoms. The van der Waals surface area contributed by atoms with E-state index in [1.165, 1.54) is 5.56 Å². The molecule has 2 aromatic rings. The molecule has 0 atom stereocenters. The summed E-state index contributed by atoms with van der Waals surface area (Å²) in [5.41, 5.74) is 2.90. The molecule has 0 fully saturated rings. The highest BCUT2D eigenvalue weighted by Gasteiger charge is 2.04. The number of nitrogens with one attached hydrogen (secondary N) is 3. The Morgan fingerprint density at radius 3 is 2.37 bits per heavy atom. The van der Waals surface area contributed by atoms with Crippen molar-refractivity contribution in [2.45, 2.75) is 26.8 Å². The zero-order valence-corrected chi connectivity index (χ0v) is 16.6. The third-order valence-electron chi connectivity index (χ3n) is 3.91. The van der Waals surface area contributed by atoms with Crippen molar-refractivity contribution in [2.75, 3.05) is 19.6 Å². The second-order valence-corrected chi connectivity index (χ2v) is 6.49. The van der Waals surface area contributed by atoms with Gasteiger partial charge in [0.15, 0.2) is 5.96 Å². The molecule has 0 saturated carbocycles. The van der Waals surface area contributed by atoms with Gasteiger partial charge in [-0.05, 0) is 55.7 Å². The Morgan fingerprint density at radius 1 is 0.963 bits per heavy atom. The zero-order valence-electron chi connectivity index (χ0n) is 15.9. The van der Waals surface area contributed by atoms with Gasteiger partial charge in [0.25, 0.3) is 5.91 Å². The largest absolute Gasteiger partial charge is 0.357 e. The first kappa shape index (κ1) is 20.8. The maximum atomic E-state index is 11.8. The van der Waals surface area contributed by atoms with Crippen LogP contribution in [0.5, 0.6) is 0 Å². The number of carbonyl (C=O) groups excluding carboxylic acids is 1. The van der Waals surface area contributed by atoms with Gasteiger partial charge in [-0.1, -0.05) is 35.9 Å². The number of carbonyl (C=O) groups is 1. The van der Waals surface area contributed by atoms with Gasteiger partial charge in [-0.2, -0.15) is 0 Å². The molecule has 0 spiro atoms. The smallest absolute Gasteiger partial charge is 0.251 e. The van der Waals surface area contributed by atoms with Gasteiger partial charge in [0.1, 0.15) is 0 Å². The Hall–Kier alpha value is -2.53. The Bertz CT molecular complexity index is 759. The number of hydrogen-bond donors (Lipinski definition) is 3. The van der Waals surface area contributed by atoms with Gasteiger partial charge in [-0.15, -0.1) is 0 Å². The minimum absolute atomic E-state index is 0.0522. The van der Waals surface area contributed by atoms with Crippen LogP contribution in [0.2, 0.25) is 5.02 Å². The first-order valence-corrected chi connectivity index (χ1v) is 9.64. The van der Waals surface area contributed by atoms with Crippen molar-refractivity contribution in [2.24, 2.45) is 4.99 Å². The lowest BCUT2D eigenvalue weighted by molar-refractivity contribution is 0.0956. The van der Waals surface area contributed by atoms with Crippen LogP contribution in [0.1, 0.15) is 35.3 Å². The van der Waals surface area contributed by atoms with Crippen molar-refractivity contribution < 1.29 is 4.79 Å². The number of hydrogen-bond acceptors (Lipinski definition) is 2. The molecule has 0 aliphatic rings. The second kappa shape index (κ2) is 11.2. The summed E-state index contributed by atoms with van der Waals surface area (Å²) in [6.07, 6.45) is 0.867. The molecule has 144 valence electrons. The van der Waals surface area contributed by atoms with Crippen LogP contribution in [-0.2, 0) is 13.0 Å². The van der Waals surface area contributed by atoms with Gasteiger partial charge >= 0.3 is 0 Å². The van der Waals surface area contributed by atoms with Crippen molar-refractivity contribution in [1.82, 2.24) is 16.0 Å². The molecule has 0 aliphatic heterocycles. The number of guanidine groups is 1. The summed E-state index contributed by atoms with van der Waals surface area (Å²) in [5.74, 6) is 0.718. The van der Waals surface area contributed by atoms with E-state index in [9.17, 15) is 4.79 Å². The van der Waals surface area contributed by atoms with Crippen LogP contribution in [0.3, 0.4) is 0 Å². The average molecular weight is 387 g/mol. The van der Waals surface area contributed by atoms with Gasteiger partial charge in [-0.3, -0.25) is 4.79 Å². The lowest BCUT2D eigenvalue weighted by Gasteiger charge is -2.11. The third-order valence-corrected chi connectivity index (χ3v) is 4.15. The van der Waals surface area contributed by atoms with Crippen molar-refractivity contribution >= 4 is 23.5 Å². The molecule has 0 saturated heterocycles. The van der Waals surface area contributed by atoms with Crippen LogP contribution < -0.4 is 16.0 Å². The molecule has 1 amide bonds. The average Bonchev–Trinajstić information content (AvgIpc) is 2.67. The Labute approximate surface area is 166 Å². The lowest BCUT2D eigenvalue weighted by atomic mass is 10.1. The fourth-order valence-corrected chi connectivity index (χ4v) is 2.77. The van der Waals surface area contributed by atoms with Gasteiger partial charge in [0.2, 0.25) is 0 Å². The van der Waals surface area contributed by atoms with E-state index < -0.39 is 0 Å². The van der Waals surface area contributed by atoms with Crippen molar-refractivity contribution in [1.29, 1.82) is 0 Å². The van der Waals surface area contributed by atoms with Gasteiger partial charge < -0.3 is 16.0 Å². The Morgan fingerprint density at radius 2 is 1.70 bits per heavy atom. The van der Waals surface area contributed by atoms with Gasteiger partial charge in [-0.25, -0.2) is 4.99 Å². The summed E-state index contributed by atoms with van der Waals surface area (Å²) in [5, 5.41) is 10.1. The Balaban J connectivity index is 1.89. The summed E-state index contributed by atoms with van der Waals surface area (Å²) in [6.45, 7) is 6.67. The molecule has 0 radical (unpaired) electrons. The van der Waals surface area contributed by atoms with E-state index in [1.54, 1.807) is 0 Å². The predicted molar refractivity (Wildman–Crippen MR) is 112 cm³/mol. The Kier molecular flexibility index (Phi) is 8.65. The minimum Gasteiger partial charge on any atom is -0.357 e. The first-order chi connectivity index (χ1) is 13.1. The number of amides is 1. The number of aliphatic imine (C=N–C) groups is 1. The molecule has 2 aromatic carbocycles. The molecular weight excluding hydrogens is 360 g/mol. The van der Waals surface area contributed by atoms with E-state index in [0.717, 1.165) is 36.1 Å². The molecule has 0 aliphatic carbocycles. The van der Waals surface area contributed by atoms with Crippen LogP contribution in [0.15, 0.2) is 53.5 Å². The van der Waals surface area contributed by atoms with Crippen molar-refractivity contribution in [3.63, 3.8) is 0 Å². The van der Waals surface area contributed by atoms with Crippen LogP contribution in [0.4, 0.5) is 0 Å². The fraction of sp³-hybridized carbons (Fsp3) is 0.333. The van der Waals surface area contributed by atoms with Crippen LogP contribution in [0.25, 0.3) is 0 Å². The highest BCUT2D eigenvalue weighted by molar-refractivity contribution is 6.30. The predicted octanol–water partition coefficient (Wildman–Crippen LogP) is 3.39. The minimum atomic E-state index is -0.0522. The maximum absolute atomic E-state index is 11.8. The third kappa shape index (κ3) is 7.31. The molecule has 0 aromatic heterocycles. The number of halogens is 1. The number of rotatable bonds is 8. The van der Waals surface area contributed by atoms with Crippen molar-refractivity contribution in [3.8, 4) is 0 Å². The van der Waals surface area contributed by atoms with Crippen LogP contribution in [0, 0.1) is 0 Å². The number of nitrogens with zero attached hydrogens (tertiary/aromatic N) is 1. The summed E-state index contributed by atoms with van der Waals surface area (Å²) >= 11 is 6.02. The summed E-state index contributed by atoms with van der Waals surface area (Å²) in [6, 6.07) is 15.4. The first-order valence-electron chi connectivity index (χ1n) is 9.26. The van der Waals surface area contributed by atoms with Crippen LogP contribution >= 0.6 is 11.6 Å². The standard InChI is InChI=1S/C21H27ClN4O/c1-3-23-20(27)18-10-8-17(9-11-18)15-26-21(24-4-2)25-13-12-16-6-5-7-19(22)14-16/h5-11,14H,3-4,12-13,15H2,1-2H3,(H,23,27)(H2,24,25,26). The highest BCUT2D eigenvalue weighted by Crippen LogP contribution is 2.10. The molecule has 5 nitrogen and oxygen atoms in total. The van der Waals surface area contributed by atoms with E-state index in [2.05, 4.69) is 27.0 Å². The SMILES string of the molecule is CCNC(=O)c1ccc(CN=C(NCC)NCCc2cccc(Cl)c2)cc1. The topological polar surface area (TPSA) is 65.5 Å². The monoisotopic (exact) mass is 386 g/mol. The quantitative estimate of drug-likeness (QED) is 0.481. The van der Waals surface area contributed by atoms with Gasteiger partial charge in [0.05, 0.1) is 6.54 Å². The lowest BCUT2D eigenvalue weighted by Crippen LogP contribution is -2.38. The maximum Gasteiger partial charge on any atom is 0.251 e. The molecular formula is C21H27ClN4O. The summed E-state index contributed by atoms with van der Waals surface area (Å²) in [7, 11) is 0. The van der Waals surface area contributed by atoms with E-state index in [0.29, 0.717) is 18.7 Å². The zero-order chi connectivity index (χ0) is 19.5. The molecule has 0 bridgehead atoms. The molecule has 0 unspecified atom stereocenters. The molecule has 3 N–H and O–H groups in total. The fourth-order valence-electron chi connectivity index (χ4n) is 2.55. The second-order valence-electron chi connectivity index (χ2n) is 6.06. The number of benzene rings is 2. The van der Waals surface area contributed by atoms with E-state index in [-0.39, 0.29) is 5.91 Å². The van der Waals surface area contributed by atoms with E-state index >= 15 is 0 Å². The summed E-state index contributed by atoms with van der Waals surface area (Å²) in [4.78, 5) is 16.4. The summed E-state index contributed by atoms with van der Waals surface area (Å²) < 4.78 is 0. The molecule has 27 heavy (non-hydrogen) atoms. The molecule has 0 heterocycles. The van der Waals surface area contributed by atoms with E-state index in [1.807, 2.05) is 56.3 Å². The van der Waals surface area contributed by atoms with E-state index in [4.69, 9.17) is 11.6 Å². The normalized spacial score (nSPS) is 11.1. The molecule has 2 rings (SSSR count). The van der Waals surface area contributed by atoms with Crippen LogP contribution in [-0.4, -0.2) is 31.5 Å².